The molecule has 0 aliphatic heterocycles. The number of sulfonamides is 1. The minimum absolute atomic E-state index is 0.0437. The molecule has 0 unspecified atom stereocenters. The molecule has 118 valence electrons. The second-order valence-corrected chi connectivity index (χ2v) is 6.62. The molecule has 22 heavy (non-hydrogen) atoms. The quantitative estimate of drug-likeness (QED) is 0.851. The lowest BCUT2D eigenvalue weighted by Gasteiger charge is -2.09. The monoisotopic (exact) mass is 323 g/mol. The van der Waals surface area contributed by atoms with Crippen molar-refractivity contribution >= 4 is 15.7 Å². The van der Waals surface area contributed by atoms with Crippen LogP contribution < -0.4 is 9.46 Å². The zero-order valence-corrected chi connectivity index (χ0v) is 13.1. The van der Waals surface area contributed by atoms with Gasteiger partial charge in [-0.05, 0) is 48.4 Å². The zero-order valence-electron chi connectivity index (χ0n) is 12.3. The van der Waals surface area contributed by atoms with Crippen LogP contribution in [-0.2, 0) is 16.4 Å². The molecule has 0 radical (unpaired) electrons. The Kier molecular flexibility index (Phi) is 5.38. The highest BCUT2D eigenvalue weighted by molar-refractivity contribution is 7.92. The van der Waals surface area contributed by atoms with E-state index in [4.69, 9.17) is 4.74 Å². The number of ether oxygens (including phenoxy) is 1. The van der Waals surface area contributed by atoms with Crippen LogP contribution in [0.25, 0.3) is 0 Å². The molecule has 0 heterocycles. The summed E-state index contributed by atoms with van der Waals surface area (Å²) in [4.78, 5) is 0. The first-order valence-electron chi connectivity index (χ1n) is 6.96. The molecular formula is C16H18FNO3S. The van der Waals surface area contributed by atoms with Crippen LogP contribution in [0.3, 0.4) is 0 Å². The number of benzene rings is 2. The smallest absolute Gasteiger partial charge is 0.236 e. The molecule has 1 N–H and O–H groups in total. The van der Waals surface area contributed by atoms with E-state index in [0.717, 1.165) is 6.42 Å². The molecule has 2 rings (SSSR count). The van der Waals surface area contributed by atoms with Crippen molar-refractivity contribution in [2.45, 2.75) is 13.3 Å². The predicted molar refractivity (Wildman–Crippen MR) is 85.1 cm³/mol. The lowest BCUT2D eigenvalue weighted by Crippen LogP contribution is -2.21. The predicted octanol–water partition coefficient (Wildman–Crippen LogP) is 3.21. The molecule has 0 atom stereocenters. The third-order valence-corrected chi connectivity index (χ3v) is 4.32. The molecule has 0 saturated carbocycles. The van der Waals surface area contributed by atoms with Gasteiger partial charge in [0.2, 0.25) is 10.0 Å². The zero-order chi connectivity index (χ0) is 16.0. The normalized spacial score (nSPS) is 11.2. The highest BCUT2D eigenvalue weighted by Gasteiger charge is 2.11. The minimum Gasteiger partial charge on any atom is -0.492 e. The first-order valence-corrected chi connectivity index (χ1v) is 8.61. The van der Waals surface area contributed by atoms with Gasteiger partial charge in [0.05, 0.1) is 0 Å². The van der Waals surface area contributed by atoms with Crippen LogP contribution in [0.4, 0.5) is 10.1 Å². The lowest BCUT2D eigenvalue weighted by molar-refractivity contribution is 0.341. The second kappa shape index (κ2) is 7.26. The van der Waals surface area contributed by atoms with Crippen LogP contribution in [0.15, 0.2) is 48.5 Å². The fourth-order valence-corrected chi connectivity index (χ4v) is 2.74. The maximum atomic E-state index is 12.8. The highest BCUT2D eigenvalue weighted by atomic mass is 32.2. The number of halogens is 1. The fourth-order valence-electron chi connectivity index (χ4n) is 1.84. The third-order valence-electron chi connectivity index (χ3n) is 3.07. The van der Waals surface area contributed by atoms with E-state index in [1.54, 1.807) is 0 Å². The van der Waals surface area contributed by atoms with Crippen LogP contribution in [-0.4, -0.2) is 20.8 Å². The summed E-state index contributed by atoms with van der Waals surface area (Å²) in [5.74, 6) is 0.0379. The SMILES string of the molecule is CCc1ccc(OCCS(=O)(=O)Nc2ccc(F)cc2)cc1. The summed E-state index contributed by atoms with van der Waals surface area (Å²) in [5.41, 5.74) is 1.52. The maximum absolute atomic E-state index is 12.8. The van der Waals surface area contributed by atoms with Gasteiger partial charge < -0.3 is 4.74 Å². The van der Waals surface area contributed by atoms with Crippen LogP contribution in [0.5, 0.6) is 5.75 Å². The Morgan fingerprint density at radius 3 is 2.27 bits per heavy atom. The Labute approximate surface area is 130 Å². The lowest BCUT2D eigenvalue weighted by atomic mass is 10.2. The molecule has 6 heteroatoms. The molecule has 0 fully saturated rings. The van der Waals surface area contributed by atoms with E-state index >= 15 is 0 Å². The molecule has 0 aromatic heterocycles. The molecular weight excluding hydrogens is 305 g/mol. The van der Waals surface area contributed by atoms with Gasteiger partial charge in [0.25, 0.3) is 0 Å². The van der Waals surface area contributed by atoms with Crippen LogP contribution in [0, 0.1) is 5.82 Å². The van der Waals surface area contributed by atoms with Gasteiger partial charge in [-0.3, -0.25) is 4.72 Å². The first kappa shape index (κ1) is 16.3. The molecule has 0 aliphatic rings. The standard InChI is InChI=1S/C16H18FNO3S/c1-2-13-3-9-16(10-4-13)21-11-12-22(19,20)18-15-7-5-14(17)6-8-15/h3-10,18H,2,11-12H2,1H3. The van der Waals surface area contributed by atoms with Crippen molar-refractivity contribution in [3.05, 3.63) is 59.9 Å². The van der Waals surface area contributed by atoms with E-state index in [9.17, 15) is 12.8 Å². The molecule has 0 amide bonds. The summed E-state index contributed by atoms with van der Waals surface area (Å²) in [7, 11) is -3.53. The van der Waals surface area contributed by atoms with E-state index in [1.807, 2.05) is 24.3 Å². The highest BCUT2D eigenvalue weighted by Crippen LogP contribution is 2.13. The third kappa shape index (κ3) is 5.04. The van der Waals surface area contributed by atoms with Crippen molar-refractivity contribution in [3.8, 4) is 5.75 Å². The second-order valence-electron chi connectivity index (χ2n) is 4.77. The van der Waals surface area contributed by atoms with Gasteiger partial charge in [0, 0.05) is 5.69 Å². The molecule has 2 aromatic rings. The Morgan fingerprint density at radius 1 is 1.05 bits per heavy atom. The molecule has 4 nitrogen and oxygen atoms in total. The summed E-state index contributed by atoms with van der Waals surface area (Å²) >= 11 is 0. The van der Waals surface area contributed by atoms with Gasteiger partial charge in [-0.2, -0.15) is 0 Å². The number of rotatable bonds is 7. The number of nitrogens with one attached hydrogen (secondary N) is 1. The largest absolute Gasteiger partial charge is 0.492 e. The Balaban J connectivity index is 1.85. The van der Waals surface area contributed by atoms with Crippen molar-refractivity contribution in [1.82, 2.24) is 0 Å². The van der Waals surface area contributed by atoms with E-state index in [-0.39, 0.29) is 12.4 Å². The summed E-state index contributed by atoms with van der Waals surface area (Å²) in [5, 5.41) is 0. The van der Waals surface area contributed by atoms with Gasteiger partial charge in [-0.15, -0.1) is 0 Å². The Morgan fingerprint density at radius 2 is 1.68 bits per heavy atom. The molecule has 0 saturated heterocycles. The van der Waals surface area contributed by atoms with E-state index in [1.165, 1.54) is 29.8 Å². The van der Waals surface area contributed by atoms with Crippen LogP contribution in [0.2, 0.25) is 0 Å². The minimum atomic E-state index is -3.53. The topological polar surface area (TPSA) is 55.4 Å². The Bertz CT molecular complexity index is 697. The molecule has 0 bridgehead atoms. The van der Waals surface area contributed by atoms with Crippen molar-refractivity contribution in [2.24, 2.45) is 0 Å². The fraction of sp³-hybridized carbons (Fsp3) is 0.250. The van der Waals surface area contributed by atoms with E-state index in [2.05, 4.69) is 11.6 Å². The van der Waals surface area contributed by atoms with Gasteiger partial charge in [0.15, 0.2) is 0 Å². The summed E-state index contributed by atoms with van der Waals surface area (Å²) in [6, 6.07) is 12.7. The van der Waals surface area contributed by atoms with Gasteiger partial charge in [-0.25, -0.2) is 12.8 Å². The van der Waals surface area contributed by atoms with Crippen LogP contribution >= 0.6 is 0 Å². The average Bonchev–Trinajstić information content (AvgIpc) is 2.50. The molecule has 0 spiro atoms. The summed E-state index contributed by atoms with van der Waals surface area (Å²) < 4.78 is 44.3. The van der Waals surface area contributed by atoms with Gasteiger partial charge in [0.1, 0.15) is 23.9 Å². The van der Waals surface area contributed by atoms with Crippen LogP contribution in [0.1, 0.15) is 12.5 Å². The van der Waals surface area contributed by atoms with Crippen molar-refractivity contribution in [1.29, 1.82) is 0 Å². The van der Waals surface area contributed by atoms with E-state index < -0.39 is 15.8 Å². The van der Waals surface area contributed by atoms with Gasteiger partial charge in [-0.1, -0.05) is 19.1 Å². The summed E-state index contributed by atoms with van der Waals surface area (Å²) in [6.45, 7) is 2.10. The summed E-state index contributed by atoms with van der Waals surface area (Å²) in [6.07, 6.45) is 0.941. The first-order chi connectivity index (χ1) is 10.5. The number of anilines is 1. The maximum Gasteiger partial charge on any atom is 0.236 e. The van der Waals surface area contributed by atoms with Crippen molar-refractivity contribution < 1.29 is 17.5 Å². The molecule has 0 aliphatic carbocycles. The average molecular weight is 323 g/mol. The van der Waals surface area contributed by atoms with Crippen molar-refractivity contribution in [3.63, 3.8) is 0 Å². The number of hydrogen-bond donors (Lipinski definition) is 1. The van der Waals surface area contributed by atoms with Crippen molar-refractivity contribution in [2.75, 3.05) is 17.1 Å². The molecule has 2 aromatic carbocycles. The number of aryl methyl sites for hydroxylation is 1. The van der Waals surface area contributed by atoms with E-state index in [0.29, 0.717) is 11.4 Å². The Hall–Kier alpha value is -2.08. The number of hydrogen-bond acceptors (Lipinski definition) is 3. The van der Waals surface area contributed by atoms with Gasteiger partial charge >= 0.3 is 0 Å².